The summed E-state index contributed by atoms with van der Waals surface area (Å²) in [4.78, 5) is 11.0. The molecular weight excluding hydrogens is 324 g/mol. The van der Waals surface area contributed by atoms with E-state index in [2.05, 4.69) is 0 Å². The molecule has 0 N–H and O–H groups in total. The summed E-state index contributed by atoms with van der Waals surface area (Å²) in [6.45, 7) is 0. The van der Waals surface area contributed by atoms with Gasteiger partial charge in [0, 0.05) is 0 Å². The van der Waals surface area contributed by atoms with Gasteiger partial charge < -0.3 is 0 Å². The molecule has 0 aromatic heterocycles. The summed E-state index contributed by atoms with van der Waals surface area (Å²) in [5.41, 5.74) is 0. The topological polar surface area (TPSA) is 17.1 Å². The van der Waals surface area contributed by atoms with E-state index in [0.29, 0.717) is 9.21 Å². The summed E-state index contributed by atoms with van der Waals surface area (Å²) in [5, 5.41) is 0. The van der Waals surface area contributed by atoms with Crippen LogP contribution in [0.25, 0.3) is 0 Å². The number of rotatable bonds is 1. The molecule has 3 heteroatoms. The van der Waals surface area contributed by atoms with Crippen molar-refractivity contribution in [2.24, 2.45) is 0 Å². The molecular formula is C6H9ClHgO. The maximum absolute atomic E-state index is 11.0. The average Bonchev–Trinajstić information content (AvgIpc) is 1.89. The van der Waals surface area contributed by atoms with E-state index in [0.717, 1.165) is 19.3 Å². The Balaban J connectivity index is 2.39. The molecule has 9 heavy (non-hydrogen) atoms. The Labute approximate surface area is 71.0 Å². The van der Waals surface area contributed by atoms with Crippen LogP contribution < -0.4 is 0 Å². The van der Waals surface area contributed by atoms with Crippen LogP contribution in [0.15, 0.2) is 0 Å². The first kappa shape index (κ1) is 8.00. The minimum absolute atomic E-state index is 0.403. The third-order valence-corrected chi connectivity index (χ3v) is 9.94. The Morgan fingerprint density at radius 2 is 2.33 bits per heavy atom. The Hall–Kier alpha value is 0.895. The van der Waals surface area contributed by atoms with Crippen molar-refractivity contribution in [2.45, 2.75) is 29.1 Å². The van der Waals surface area contributed by atoms with E-state index >= 15 is 0 Å². The van der Waals surface area contributed by atoms with Crippen LogP contribution in [-0.2, 0) is 28.1 Å². The molecule has 1 aliphatic rings. The first-order valence-electron chi connectivity index (χ1n) is 3.43. The van der Waals surface area contributed by atoms with Crippen molar-refractivity contribution in [3.63, 3.8) is 0 Å². The minimum atomic E-state index is -1.21. The fraction of sp³-hybridized carbons (Fsp3) is 0.833. The second-order valence-corrected chi connectivity index (χ2v) is 10.3. The van der Waals surface area contributed by atoms with E-state index in [9.17, 15) is 4.79 Å². The molecule has 1 aliphatic carbocycles. The predicted molar refractivity (Wildman–Crippen MR) is 33.1 cm³/mol. The van der Waals surface area contributed by atoms with E-state index in [1.54, 1.807) is 0 Å². The van der Waals surface area contributed by atoms with E-state index < -0.39 is 23.3 Å². The average molecular weight is 333 g/mol. The molecule has 1 nitrogen and oxygen atoms in total. The van der Waals surface area contributed by atoms with Crippen LogP contribution in [-0.4, -0.2) is 5.78 Å². The van der Waals surface area contributed by atoms with Crippen molar-refractivity contribution in [3.05, 3.63) is 0 Å². The first-order chi connectivity index (χ1) is 4.34. The standard InChI is InChI=1S/C6H9O.ClH.Hg/c7-6-4-2-1-3-5-6;;/h4H,1-3,5H2;1H;/q;;+1/p-1. The molecule has 48 valence electrons. The number of ketones is 1. The van der Waals surface area contributed by atoms with Gasteiger partial charge in [0.15, 0.2) is 0 Å². The Kier molecular flexibility index (Phi) is 3.48. The summed E-state index contributed by atoms with van der Waals surface area (Å²) in [5.74, 6) is 0.470. The number of hydrogen-bond donors (Lipinski definition) is 0. The molecule has 0 aromatic carbocycles. The zero-order chi connectivity index (χ0) is 6.69. The molecule has 0 spiro atoms. The summed E-state index contributed by atoms with van der Waals surface area (Å²) in [7, 11) is 5.78. The number of hydrogen-bond acceptors (Lipinski definition) is 1. The van der Waals surface area contributed by atoms with Crippen molar-refractivity contribution < 1.29 is 28.1 Å². The van der Waals surface area contributed by atoms with E-state index in [1.807, 2.05) is 0 Å². The molecule has 0 amide bonds. The molecule has 0 heterocycles. The van der Waals surface area contributed by atoms with Crippen LogP contribution in [0.3, 0.4) is 0 Å². The van der Waals surface area contributed by atoms with Crippen molar-refractivity contribution in [2.75, 3.05) is 0 Å². The Morgan fingerprint density at radius 1 is 1.56 bits per heavy atom. The number of halogens is 1. The Morgan fingerprint density at radius 3 is 2.78 bits per heavy atom. The van der Waals surface area contributed by atoms with Crippen molar-refractivity contribution >= 4 is 14.0 Å². The van der Waals surface area contributed by atoms with E-state index in [1.165, 1.54) is 6.42 Å². The molecule has 0 bridgehead atoms. The van der Waals surface area contributed by atoms with Gasteiger partial charge in [0.25, 0.3) is 0 Å². The summed E-state index contributed by atoms with van der Waals surface area (Å²) < 4.78 is 0.403. The monoisotopic (exact) mass is 334 g/mol. The molecule has 0 aliphatic heterocycles. The third kappa shape index (κ3) is 2.19. The summed E-state index contributed by atoms with van der Waals surface area (Å²) >= 11 is -1.21. The second-order valence-electron chi connectivity index (χ2n) is 2.56. The fourth-order valence-electron chi connectivity index (χ4n) is 1.22. The second kappa shape index (κ2) is 3.92. The molecule has 0 saturated heterocycles. The molecule has 1 fully saturated rings. The van der Waals surface area contributed by atoms with Gasteiger partial charge >= 0.3 is 71.3 Å². The number of carbonyl (C=O) groups excluding carboxylic acids is 1. The molecule has 1 unspecified atom stereocenters. The van der Waals surface area contributed by atoms with E-state index in [4.69, 9.17) is 8.25 Å². The first-order valence-corrected chi connectivity index (χ1v) is 13.4. The van der Waals surface area contributed by atoms with E-state index in [-0.39, 0.29) is 0 Å². The molecule has 0 aromatic rings. The fourth-order valence-corrected chi connectivity index (χ4v) is 7.27. The molecule has 0 radical (unpaired) electrons. The van der Waals surface area contributed by atoms with Gasteiger partial charge in [-0.05, 0) is 0 Å². The summed E-state index contributed by atoms with van der Waals surface area (Å²) in [6.07, 6.45) is 4.28. The van der Waals surface area contributed by atoms with Crippen molar-refractivity contribution in [3.8, 4) is 0 Å². The zero-order valence-corrected chi connectivity index (χ0v) is 11.7. The van der Waals surface area contributed by atoms with Crippen LogP contribution in [0, 0.1) is 0 Å². The van der Waals surface area contributed by atoms with Gasteiger partial charge in [-0.3, -0.25) is 0 Å². The van der Waals surface area contributed by atoms with Gasteiger partial charge in [-0.25, -0.2) is 0 Å². The van der Waals surface area contributed by atoms with Gasteiger partial charge in [0.1, 0.15) is 0 Å². The normalized spacial score (nSPS) is 27.7. The molecule has 1 rings (SSSR count). The van der Waals surface area contributed by atoms with Gasteiger partial charge in [0.05, 0.1) is 0 Å². The zero-order valence-electron chi connectivity index (χ0n) is 5.40. The van der Waals surface area contributed by atoms with Crippen LogP contribution in [0.5, 0.6) is 0 Å². The third-order valence-electron chi connectivity index (χ3n) is 1.87. The Bertz CT molecular complexity index is 116. The quantitative estimate of drug-likeness (QED) is 0.672. The van der Waals surface area contributed by atoms with Gasteiger partial charge in [-0.15, -0.1) is 0 Å². The van der Waals surface area contributed by atoms with Gasteiger partial charge in [0.2, 0.25) is 0 Å². The number of carbonyl (C=O) groups is 1. The van der Waals surface area contributed by atoms with Crippen molar-refractivity contribution in [1.29, 1.82) is 0 Å². The SMILES string of the molecule is O=C1CCCC[CH]1[Hg][Cl]. The maximum atomic E-state index is 11.0. The van der Waals surface area contributed by atoms with Crippen LogP contribution >= 0.6 is 8.25 Å². The molecule has 1 saturated carbocycles. The van der Waals surface area contributed by atoms with Crippen LogP contribution in [0.1, 0.15) is 25.7 Å². The van der Waals surface area contributed by atoms with Gasteiger partial charge in [-0.1, -0.05) is 0 Å². The number of Topliss-reactive ketones (excluding diaryl/α,β-unsaturated/α-hetero) is 1. The van der Waals surface area contributed by atoms with Crippen LogP contribution in [0.4, 0.5) is 0 Å². The summed E-state index contributed by atoms with van der Waals surface area (Å²) in [6, 6.07) is 0. The molecule has 1 atom stereocenters. The predicted octanol–water partition coefficient (Wildman–Crippen LogP) is 2.15. The van der Waals surface area contributed by atoms with Gasteiger partial charge in [-0.2, -0.15) is 0 Å². The van der Waals surface area contributed by atoms with Crippen molar-refractivity contribution in [1.82, 2.24) is 0 Å². The van der Waals surface area contributed by atoms with Crippen LogP contribution in [0.2, 0.25) is 3.43 Å².